The molecular weight excluding hydrogens is 328 g/mol. The molecule has 7 heteroatoms. The number of hydrogen-bond donors (Lipinski definition) is 1. The molecule has 1 aromatic rings. The molecule has 0 spiro atoms. The average Bonchev–Trinajstić information content (AvgIpc) is 3.11. The van der Waals surface area contributed by atoms with Gasteiger partial charge in [0.15, 0.2) is 9.84 Å². The number of carbonyl (C=O) groups excluding carboxylic acids is 2. The van der Waals surface area contributed by atoms with E-state index in [9.17, 15) is 18.0 Å². The minimum Gasteiger partial charge on any atom is -0.349 e. The number of benzene rings is 1. The zero-order valence-corrected chi connectivity index (χ0v) is 14.1. The molecule has 24 heavy (non-hydrogen) atoms. The molecule has 0 bridgehead atoms. The van der Waals surface area contributed by atoms with E-state index >= 15 is 0 Å². The maximum Gasteiger partial charge on any atom is 0.244 e. The Kier molecular flexibility index (Phi) is 4.71. The number of hydrogen-bond acceptors (Lipinski definition) is 4. The molecule has 0 aliphatic carbocycles. The summed E-state index contributed by atoms with van der Waals surface area (Å²) in [4.78, 5) is 25.3. The highest BCUT2D eigenvalue weighted by atomic mass is 32.2. The lowest BCUT2D eigenvalue weighted by molar-refractivity contribution is -0.117. The quantitative estimate of drug-likeness (QED) is 0.827. The lowest BCUT2D eigenvalue weighted by Crippen LogP contribution is -2.34. The SMILES string of the molecule is O=C(/C=C/c1ccc(N2CCCC2=O)cc1)NC1CCS(=O)(=O)C1. The number of rotatable bonds is 4. The predicted molar refractivity (Wildman–Crippen MR) is 92.3 cm³/mol. The molecule has 3 rings (SSSR count). The van der Waals surface area contributed by atoms with Crippen LogP contribution in [0.3, 0.4) is 0 Å². The van der Waals surface area contributed by atoms with Crippen LogP contribution in [0.4, 0.5) is 5.69 Å². The predicted octanol–water partition coefficient (Wildman–Crippen LogP) is 1.13. The summed E-state index contributed by atoms with van der Waals surface area (Å²) in [5.74, 6) is 0.00353. The first-order chi connectivity index (χ1) is 11.4. The first kappa shape index (κ1) is 16.7. The Morgan fingerprint density at radius 2 is 2.00 bits per heavy atom. The molecule has 2 heterocycles. The van der Waals surface area contributed by atoms with E-state index in [4.69, 9.17) is 0 Å². The summed E-state index contributed by atoms with van der Waals surface area (Å²) in [7, 11) is -3.00. The molecule has 2 aliphatic rings. The second-order valence-electron chi connectivity index (χ2n) is 6.18. The Bertz CT molecular complexity index is 768. The van der Waals surface area contributed by atoms with Gasteiger partial charge in [0.05, 0.1) is 11.5 Å². The van der Waals surface area contributed by atoms with Crippen LogP contribution in [0.1, 0.15) is 24.8 Å². The molecule has 0 saturated carbocycles. The molecule has 2 aliphatic heterocycles. The van der Waals surface area contributed by atoms with Gasteiger partial charge in [0.25, 0.3) is 0 Å². The van der Waals surface area contributed by atoms with E-state index < -0.39 is 9.84 Å². The van der Waals surface area contributed by atoms with Gasteiger partial charge in [0, 0.05) is 30.8 Å². The van der Waals surface area contributed by atoms with E-state index in [1.165, 1.54) is 6.08 Å². The van der Waals surface area contributed by atoms with Crippen molar-refractivity contribution in [3.05, 3.63) is 35.9 Å². The maximum atomic E-state index is 11.9. The number of nitrogens with zero attached hydrogens (tertiary/aromatic N) is 1. The topological polar surface area (TPSA) is 83.6 Å². The van der Waals surface area contributed by atoms with Crippen molar-refractivity contribution < 1.29 is 18.0 Å². The van der Waals surface area contributed by atoms with Crippen molar-refractivity contribution >= 4 is 33.4 Å². The zero-order valence-electron chi connectivity index (χ0n) is 13.3. The third kappa shape index (κ3) is 4.03. The summed E-state index contributed by atoms with van der Waals surface area (Å²) < 4.78 is 22.7. The third-order valence-electron chi connectivity index (χ3n) is 4.28. The monoisotopic (exact) mass is 348 g/mol. The highest BCUT2D eigenvalue weighted by Gasteiger charge is 2.28. The lowest BCUT2D eigenvalue weighted by atomic mass is 10.2. The second-order valence-corrected chi connectivity index (χ2v) is 8.41. The van der Waals surface area contributed by atoms with Gasteiger partial charge in [-0.05, 0) is 36.6 Å². The van der Waals surface area contributed by atoms with E-state index in [-0.39, 0.29) is 29.4 Å². The van der Waals surface area contributed by atoms with Crippen molar-refractivity contribution in [1.82, 2.24) is 5.32 Å². The molecule has 2 saturated heterocycles. The average molecular weight is 348 g/mol. The van der Waals surface area contributed by atoms with Gasteiger partial charge in [-0.2, -0.15) is 0 Å². The van der Waals surface area contributed by atoms with Crippen molar-refractivity contribution in [2.24, 2.45) is 0 Å². The normalized spacial score (nSPS) is 23.1. The number of amides is 2. The van der Waals surface area contributed by atoms with Crippen LogP contribution >= 0.6 is 0 Å². The Morgan fingerprint density at radius 1 is 1.25 bits per heavy atom. The van der Waals surface area contributed by atoms with Gasteiger partial charge in [0.1, 0.15) is 0 Å². The highest BCUT2D eigenvalue weighted by molar-refractivity contribution is 7.91. The van der Waals surface area contributed by atoms with Gasteiger partial charge in [-0.1, -0.05) is 12.1 Å². The molecule has 1 aromatic carbocycles. The fourth-order valence-electron chi connectivity index (χ4n) is 3.02. The first-order valence-corrected chi connectivity index (χ1v) is 9.84. The summed E-state index contributed by atoms with van der Waals surface area (Å²) in [5.41, 5.74) is 1.72. The maximum absolute atomic E-state index is 11.9. The summed E-state index contributed by atoms with van der Waals surface area (Å²) in [6.45, 7) is 0.751. The number of carbonyl (C=O) groups is 2. The van der Waals surface area contributed by atoms with Crippen LogP contribution in [0.5, 0.6) is 0 Å². The van der Waals surface area contributed by atoms with E-state index in [1.807, 2.05) is 24.3 Å². The van der Waals surface area contributed by atoms with E-state index in [0.717, 1.165) is 24.2 Å². The molecule has 6 nitrogen and oxygen atoms in total. The number of nitrogens with one attached hydrogen (secondary N) is 1. The van der Waals surface area contributed by atoms with Gasteiger partial charge in [-0.3, -0.25) is 9.59 Å². The van der Waals surface area contributed by atoms with Gasteiger partial charge >= 0.3 is 0 Å². The Balaban J connectivity index is 1.56. The van der Waals surface area contributed by atoms with Crippen molar-refractivity contribution in [2.45, 2.75) is 25.3 Å². The van der Waals surface area contributed by atoms with Gasteiger partial charge < -0.3 is 10.2 Å². The molecule has 2 amide bonds. The van der Waals surface area contributed by atoms with Crippen LogP contribution < -0.4 is 10.2 Å². The molecule has 1 N–H and O–H groups in total. The van der Waals surface area contributed by atoms with Crippen molar-refractivity contribution in [2.75, 3.05) is 23.0 Å². The minimum atomic E-state index is -3.00. The molecule has 1 atom stereocenters. The Hall–Kier alpha value is -2.15. The van der Waals surface area contributed by atoms with Crippen molar-refractivity contribution in [3.8, 4) is 0 Å². The second kappa shape index (κ2) is 6.76. The molecule has 2 fully saturated rings. The first-order valence-electron chi connectivity index (χ1n) is 8.02. The van der Waals surface area contributed by atoms with Gasteiger partial charge in [0.2, 0.25) is 11.8 Å². The van der Waals surface area contributed by atoms with Gasteiger partial charge in [-0.15, -0.1) is 0 Å². The fraction of sp³-hybridized carbons (Fsp3) is 0.412. The number of anilines is 1. The Labute approximate surface area is 141 Å². The van der Waals surface area contributed by atoms with Crippen LogP contribution in [-0.4, -0.2) is 44.3 Å². The molecule has 128 valence electrons. The van der Waals surface area contributed by atoms with E-state index in [1.54, 1.807) is 11.0 Å². The van der Waals surface area contributed by atoms with Gasteiger partial charge in [-0.25, -0.2) is 8.42 Å². The van der Waals surface area contributed by atoms with E-state index in [0.29, 0.717) is 12.8 Å². The summed E-state index contributed by atoms with van der Waals surface area (Å²) in [5, 5.41) is 2.71. The van der Waals surface area contributed by atoms with Crippen LogP contribution in [0.15, 0.2) is 30.3 Å². The fourth-order valence-corrected chi connectivity index (χ4v) is 4.69. The smallest absolute Gasteiger partial charge is 0.244 e. The zero-order chi connectivity index (χ0) is 17.2. The standard InChI is InChI=1S/C17H20N2O4S/c20-16(18-14-9-11-24(22,23)12-14)8-5-13-3-6-15(7-4-13)19-10-1-2-17(19)21/h3-8,14H,1-2,9-12H2,(H,18,20)/b8-5+. The Morgan fingerprint density at radius 3 is 2.58 bits per heavy atom. The van der Waals surface area contributed by atoms with Crippen LogP contribution in [0, 0.1) is 0 Å². The highest BCUT2D eigenvalue weighted by Crippen LogP contribution is 2.21. The molecule has 0 radical (unpaired) electrons. The summed E-state index contributed by atoms with van der Waals surface area (Å²) in [6, 6.07) is 7.14. The molecule has 1 unspecified atom stereocenters. The summed E-state index contributed by atoms with van der Waals surface area (Å²) in [6.07, 6.45) is 5.03. The largest absolute Gasteiger partial charge is 0.349 e. The third-order valence-corrected chi connectivity index (χ3v) is 6.05. The summed E-state index contributed by atoms with van der Waals surface area (Å²) >= 11 is 0. The van der Waals surface area contributed by atoms with Crippen LogP contribution in [0.2, 0.25) is 0 Å². The molecular formula is C17H20N2O4S. The van der Waals surface area contributed by atoms with E-state index in [2.05, 4.69) is 5.32 Å². The van der Waals surface area contributed by atoms with Crippen LogP contribution in [-0.2, 0) is 19.4 Å². The molecule has 0 aromatic heterocycles. The minimum absolute atomic E-state index is 0.0190. The van der Waals surface area contributed by atoms with Crippen molar-refractivity contribution in [1.29, 1.82) is 0 Å². The number of sulfone groups is 1. The lowest BCUT2D eigenvalue weighted by Gasteiger charge is -2.15. The van der Waals surface area contributed by atoms with Crippen molar-refractivity contribution in [3.63, 3.8) is 0 Å². The van der Waals surface area contributed by atoms with Crippen LogP contribution in [0.25, 0.3) is 6.08 Å².